The molecule has 104 valence electrons. The molecule has 0 bridgehead atoms. The second kappa shape index (κ2) is 7.67. The first-order chi connectivity index (χ1) is 8.58. The van der Waals surface area contributed by atoms with E-state index in [1.54, 1.807) is 0 Å². The number of carbonyl (C=O) groups is 2. The molecule has 0 aromatic heterocycles. The monoisotopic (exact) mass is 272 g/mol. The van der Waals surface area contributed by atoms with Gasteiger partial charge in [-0.1, -0.05) is 19.3 Å². The lowest BCUT2D eigenvalue weighted by Crippen LogP contribution is -2.42. The highest BCUT2D eigenvalue weighted by Gasteiger charge is 2.34. The highest BCUT2D eigenvalue weighted by Crippen LogP contribution is 2.38. The lowest BCUT2D eigenvalue weighted by Gasteiger charge is -2.37. The minimum absolute atomic E-state index is 0.0179. The van der Waals surface area contributed by atoms with Gasteiger partial charge >= 0.3 is 0 Å². The second-order valence-corrected chi connectivity index (χ2v) is 5.67. The predicted molar refractivity (Wildman–Crippen MR) is 75.7 cm³/mol. The summed E-state index contributed by atoms with van der Waals surface area (Å²) < 4.78 is 0. The van der Waals surface area contributed by atoms with Gasteiger partial charge in [0.15, 0.2) is 0 Å². The summed E-state index contributed by atoms with van der Waals surface area (Å²) >= 11 is 4.08. The Labute approximate surface area is 115 Å². The normalized spacial score (nSPS) is 18.1. The summed E-state index contributed by atoms with van der Waals surface area (Å²) in [5, 5.41) is 5.75. The van der Waals surface area contributed by atoms with E-state index in [1.165, 1.54) is 13.3 Å². The van der Waals surface area contributed by atoms with Gasteiger partial charge in [-0.05, 0) is 18.3 Å². The van der Waals surface area contributed by atoms with E-state index in [9.17, 15) is 9.59 Å². The smallest absolute Gasteiger partial charge is 0.220 e. The largest absolute Gasteiger partial charge is 0.356 e. The fourth-order valence-corrected chi connectivity index (χ4v) is 2.74. The lowest BCUT2D eigenvalue weighted by atomic mass is 9.71. The van der Waals surface area contributed by atoms with Gasteiger partial charge in [-0.3, -0.25) is 9.59 Å². The van der Waals surface area contributed by atoms with Gasteiger partial charge < -0.3 is 10.6 Å². The van der Waals surface area contributed by atoms with Crippen LogP contribution in [0, 0.1) is 5.41 Å². The van der Waals surface area contributed by atoms with Gasteiger partial charge in [0.1, 0.15) is 0 Å². The zero-order valence-corrected chi connectivity index (χ0v) is 12.0. The first kappa shape index (κ1) is 15.3. The molecule has 0 aromatic carbocycles. The second-order valence-electron chi connectivity index (χ2n) is 5.22. The van der Waals surface area contributed by atoms with Gasteiger partial charge in [-0.25, -0.2) is 0 Å². The van der Waals surface area contributed by atoms with Crippen LogP contribution in [0.5, 0.6) is 0 Å². The molecule has 0 aromatic rings. The zero-order chi connectivity index (χ0) is 13.4. The molecule has 0 atom stereocenters. The molecule has 1 saturated carbocycles. The third kappa shape index (κ3) is 5.29. The molecule has 5 heteroatoms. The van der Waals surface area contributed by atoms with Crippen molar-refractivity contribution in [2.75, 3.05) is 18.8 Å². The summed E-state index contributed by atoms with van der Waals surface area (Å²) in [6, 6.07) is 0. The fourth-order valence-electron chi connectivity index (χ4n) is 2.63. The van der Waals surface area contributed by atoms with Crippen molar-refractivity contribution in [1.82, 2.24) is 10.6 Å². The van der Waals surface area contributed by atoms with Crippen molar-refractivity contribution in [3.05, 3.63) is 0 Å². The lowest BCUT2D eigenvalue weighted by molar-refractivity contribution is -0.125. The van der Waals surface area contributed by atoms with Crippen LogP contribution in [0.4, 0.5) is 0 Å². The minimum Gasteiger partial charge on any atom is -0.356 e. The number of rotatable bonds is 6. The van der Waals surface area contributed by atoms with E-state index < -0.39 is 0 Å². The molecule has 4 nitrogen and oxygen atoms in total. The highest BCUT2D eigenvalue weighted by atomic mass is 32.1. The summed E-state index contributed by atoms with van der Waals surface area (Å²) in [6.45, 7) is 2.76. The third-order valence-electron chi connectivity index (χ3n) is 3.60. The van der Waals surface area contributed by atoms with Crippen molar-refractivity contribution in [2.24, 2.45) is 5.41 Å². The molecule has 2 N–H and O–H groups in total. The summed E-state index contributed by atoms with van der Waals surface area (Å²) in [7, 11) is 0. The molecular formula is C13H24N2O2S. The number of hydrogen-bond acceptors (Lipinski definition) is 3. The van der Waals surface area contributed by atoms with E-state index in [0.717, 1.165) is 25.7 Å². The van der Waals surface area contributed by atoms with Crippen molar-refractivity contribution >= 4 is 24.4 Å². The SMILES string of the molecule is CC(=O)NCC1(CC(=O)NCCS)CCCCC1. The van der Waals surface area contributed by atoms with E-state index >= 15 is 0 Å². The fraction of sp³-hybridized carbons (Fsp3) is 0.846. The Hall–Kier alpha value is -0.710. The van der Waals surface area contributed by atoms with E-state index in [4.69, 9.17) is 0 Å². The molecule has 0 aliphatic heterocycles. The Morgan fingerprint density at radius 1 is 1.17 bits per heavy atom. The maximum atomic E-state index is 11.9. The topological polar surface area (TPSA) is 58.2 Å². The molecule has 0 radical (unpaired) electrons. The number of nitrogens with one attached hydrogen (secondary N) is 2. The Bertz CT molecular complexity index is 289. The molecular weight excluding hydrogens is 248 g/mol. The van der Waals surface area contributed by atoms with Crippen molar-refractivity contribution in [3.8, 4) is 0 Å². The Morgan fingerprint density at radius 2 is 1.83 bits per heavy atom. The van der Waals surface area contributed by atoms with E-state index in [-0.39, 0.29) is 17.2 Å². The maximum Gasteiger partial charge on any atom is 0.220 e. The molecule has 1 aliphatic rings. The standard InChI is InChI=1S/C13H24N2O2S/c1-11(16)15-10-13(5-3-2-4-6-13)9-12(17)14-7-8-18/h18H,2-10H2,1H3,(H,14,17)(H,15,16). The summed E-state index contributed by atoms with van der Waals surface area (Å²) in [5.41, 5.74) is -0.0371. The molecule has 0 spiro atoms. The van der Waals surface area contributed by atoms with Crippen LogP contribution in [-0.2, 0) is 9.59 Å². The van der Waals surface area contributed by atoms with Gasteiger partial charge in [-0.2, -0.15) is 12.6 Å². The average Bonchev–Trinajstić information content (AvgIpc) is 2.35. The molecule has 0 saturated heterocycles. The van der Waals surface area contributed by atoms with E-state index in [2.05, 4.69) is 23.3 Å². The van der Waals surface area contributed by atoms with Gasteiger partial charge in [0.05, 0.1) is 0 Å². The number of thiol groups is 1. The van der Waals surface area contributed by atoms with Crippen LogP contribution in [0.15, 0.2) is 0 Å². The zero-order valence-electron chi connectivity index (χ0n) is 11.1. The molecule has 0 unspecified atom stereocenters. The van der Waals surface area contributed by atoms with Crippen LogP contribution in [0.2, 0.25) is 0 Å². The van der Waals surface area contributed by atoms with E-state index in [0.29, 0.717) is 25.3 Å². The molecule has 0 heterocycles. The first-order valence-electron chi connectivity index (χ1n) is 6.70. The van der Waals surface area contributed by atoms with Gasteiger partial charge in [0.2, 0.25) is 11.8 Å². The quantitative estimate of drug-likeness (QED) is 0.642. The van der Waals surface area contributed by atoms with Crippen LogP contribution in [0.3, 0.4) is 0 Å². The van der Waals surface area contributed by atoms with Crippen molar-refractivity contribution < 1.29 is 9.59 Å². The summed E-state index contributed by atoms with van der Waals surface area (Å²) in [4.78, 5) is 22.9. The Kier molecular flexibility index (Phi) is 6.54. The summed E-state index contributed by atoms with van der Waals surface area (Å²) in [6.07, 6.45) is 6.11. The van der Waals surface area contributed by atoms with Crippen LogP contribution >= 0.6 is 12.6 Å². The van der Waals surface area contributed by atoms with Gasteiger partial charge in [0.25, 0.3) is 0 Å². The van der Waals surface area contributed by atoms with Gasteiger partial charge in [-0.15, -0.1) is 0 Å². The summed E-state index contributed by atoms with van der Waals surface area (Å²) in [5.74, 6) is 0.719. The van der Waals surface area contributed by atoms with Gasteiger partial charge in [0, 0.05) is 32.2 Å². The number of amides is 2. The van der Waals surface area contributed by atoms with Crippen molar-refractivity contribution in [2.45, 2.75) is 45.4 Å². The number of hydrogen-bond donors (Lipinski definition) is 3. The molecule has 18 heavy (non-hydrogen) atoms. The Balaban J connectivity index is 2.53. The molecule has 1 aliphatic carbocycles. The van der Waals surface area contributed by atoms with Crippen molar-refractivity contribution in [1.29, 1.82) is 0 Å². The van der Waals surface area contributed by atoms with Crippen molar-refractivity contribution in [3.63, 3.8) is 0 Å². The maximum absolute atomic E-state index is 11.9. The number of carbonyl (C=O) groups excluding carboxylic acids is 2. The van der Waals surface area contributed by atoms with Crippen LogP contribution in [0.25, 0.3) is 0 Å². The van der Waals surface area contributed by atoms with E-state index in [1.807, 2.05) is 0 Å². The molecule has 1 fully saturated rings. The highest BCUT2D eigenvalue weighted by molar-refractivity contribution is 7.80. The average molecular weight is 272 g/mol. The predicted octanol–water partition coefficient (Wildman–Crippen LogP) is 1.51. The molecule has 2 amide bonds. The van der Waals surface area contributed by atoms with Crippen LogP contribution in [-0.4, -0.2) is 30.7 Å². The third-order valence-corrected chi connectivity index (χ3v) is 3.82. The first-order valence-corrected chi connectivity index (χ1v) is 7.33. The minimum atomic E-state index is -0.0371. The van der Waals surface area contributed by atoms with Crippen LogP contribution in [0.1, 0.15) is 45.4 Å². The Morgan fingerprint density at radius 3 is 2.39 bits per heavy atom. The molecule has 1 rings (SSSR count). The van der Waals surface area contributed by atoms with Crippen LogP contribution < -0.4 is 10.6 Å².